The molecular weight excluding hydrogens is 342 g/mol. The molecule has 1 aromatic carbocycles. The summed E-state index contributed by atoms with van der Waals surface area (Å²) in [5.41, 5.74) is 0.792. The molecule has 1 aromatic heterocycles. The Bertz CT molecular complexity index is 771. The van der Waals surface area contributed by atoms with Crippen LogP contribution in [0.4, 0.5) is 4.79 Å². The number of hydrogen-bond donors (Lipinski definition) is 0. The summed E-state index contributed by atoms with van der Waals surface area (Å²) < 4.78 is 7.60. The lowest BCUT2D eigenvalue weighted by atomic mass is 10.1. The number of piperazine rings is 1. The van der Waals surface area contributed by atoms with Gasteiger partial charge in [-0.1, -0.05) is 30.3 Å². The number of hydrogen-bond acceptors (Lipinski definition) is 5. The van der Waals surface area contributed by atoms with Crippen LogP contribution >= 0.6 is 0 Å². The number of likely N-dealkylation sites (tertiary alicyclic amines) is 1. The maximum absolute atomic E-state index is 12.9. The molecule has 0 aliphatic carbocycles. The third-order valence-corrected chi connectivity index (χ3v) is 5.25. The van der Waals surface area contributed by atoms with Crippen LogP contribution in [0.5, 0.6) is 0 Å². The van der Waals surface area contributed by atoms with Crippen LogP contribution in [0.3, 0.4) is 0 Å². The molecule has 2 aromatic rings. The quantitative estimate of drug-likeness (QED) is 0.832. The van der Waals surface area contributed by atoms with Gasteiger partial charge in [-0.25, -0.2) is 14.5 Å². The van der Waals surface area contributed by atoms with Gasteiger partial charge in [0.15, 0.2) is 0 Å². The second-order valence-corrected chi connectivity index (χ2v) is 8.47. The second kappa shape index (κ2) is 6.96. The van der Waals surface area contributed by atoms with Crippen LogP contribution in [0.2, 0.25) is 0 Å². The van der Waals surface area contributed by atoms with Crippen molar-refractivity contribution in [1.82, 2.24) is 24.6 Å². The average Bonchev–Trinajstić information content (AvgIpc) is 3.19. The molecule has 2 fully saturated rings. The lowest BCUT2D eigenvalue weighted by Crippen LogP contribution is -2.57. The summed E-state index contributed by atoms with van der Waals surface area (Å²) in [6.07, 6.45) is 3.96. The zero-order valence-electron chi connectivity index (χ0n) is 16.2. The highest BCUT2D eigenvalue weighted by atomic mass is 16.6. The van der Waals surface area contributed by atoms with Crippen molar-refractivity contribution in [2.45, 2.75) is 57.5 Å². The fourth-order valence-electron chi connectivity index (χ4n) is 4.26. The molecule has 3 atom stereocenters. The molecule has 27 heavy (non-hydrogen) atoms. The maximum atomic E-state index is 12.9. The number of rotatable bonds is 3. The van der Waals surface area contributed by atoms with Gasteiger partial charge in [0, 0.05) is 19.6 Å². The standard InChI is InChI=1S/C20H27N5O2/c1-20(2,3)27-19(26)25-16-9-17(24-14-21-13-22-24)18(25)12-23(11-16)10-15-7-5-4-6-8-15/h4-8,13-14,16-18H,9-12H2,1-3H3/t16-,17-,18-/m1/s1. The number of amides is 1. The first-order valence-electron chi connectivity index (χ1n) is 9.52. The highest BCUT2D eigenvalue weighted by Crippen LogP contribution is 2.39. The molecule has 0 radical (unpaired) electrons. The van der Waals surface area contributed by atoms with Crippen LogP contribution in [0.15, 0.2) is 43.0 Å². The maximum Gasteiger partial charge on any atom is 0.410 e. The molecule has 0 N–H and O–H groups in total. The third kappa shape index (κ3) is 3.83. The first-order chi connectivity index (χ1) is 12.9. The molecule has 2 aliphatic rings. The Morgan fingerprint density at radius 3 is 2.63 bits per heavy atom. The first-order valence-corrected chi connectivity index (χ1v) is 9.52. The average molecular weight is 369 g/mol. The lowest BCUT2D eigenvalue weighted by molar-refractivity contribution is -0.00813. The highest BCUT2D eigenvalue weighted by molar-refractivity contribution is 5.70. The van der Waals surface area contributed by atoms with E-state index in [1.807, 2.05) is 36.4 Å². The molecule has 2 bridgehead atoms. The largest absolute Gasteiger partial charge is 0.444 e. The van der Waals surface area contributed by atoms with E-state index in [0.29, 0.717) is 0 Å². The zero-order chi connectivity index (χ0) is 19.0. The van der Waals surface area contributed by atoms with Crippen molar-refractivity contribution in [3.63, 3.8) is 0 Å². The first kappa shape index (κ1) is 18.0. The van der Waals surface area contributed by atoms with Crippen molar-refractivity contribution in [3.05, 3.63) is 48.5 Å². The Hall–Kier alpha value is -2.41. The van der Waals surface area contributed by atoms with Crippen LogP contribution in [-0.4, -0.2) is 61.4 Å². The van der Waals surface area contributed by atoms with E-state index >= 15 is 0 Å². The molecule has 144 valence electrons. The van der Waals surface area contributed by atoms with Crippen molar-refractivity contribution in [2.75, 3.05) is 13.1 Å². The molecule has 7 heteroatoms. The second-order valence-electron chi connectivity index (χ2n) is 8.47. The summed E-state index contributed by atoms with van der Waals surface area (Å²) in [6.45, 7) is 8.26. The van der Waals surface area contributed by atoms with Crippen molar-refractivity contribution in [2.24, 2.45) is 0 Å². The van der Waals surface area contributed by atoms with Gasteiger partial charge in [0.1, 0.15) is 18.3 Å². The Morgan fingerprint density at radius 2 is 1.96 bits per heavy atom. The monoisotopic (exact) mass is 369 g/mol. The molecule has 4 rings (SSSR count). The summed E-state index contributed by atoms with van der Waals surface area (Å²) in [5, 5.41) is 4.34. The minimum atomic E-state index is -0.500. The van der Waals surface area contributed by atoms with Gasteiger partial charge in [0.2, 0.25) is 0 Å². The summed E-state index contributed by atoms with van der Waals surface area (Å²) in [6, 6.07) is 10.8. The molecular formula is C20H27N5O2. The molecule has 7 nitrogen and oxygen atoms in total. The Kier molecular flexibility index (Phi) is 4.63. The SMILES string of the molecule is CC(C)(C)OC(=O)N1[C@@H]2C[C@@H](n3cncn3)[C@H]1CN(Cc1ccccc1)C2. The van der Waals surface area contributed by atoms with E-state index in [1.54, 1.807) is 12.7 Å². The topological polar surface area (TPSA) is 63.5 Å². The molecule has 0 unspecified atom stereocenters. The highest BCUT2D eigenvalue weighted by Gasteiger charge is 2.50. The fourth-order valence-corrected chi connectivity index (χ4v) is 4.26. The van der Waals surface area contributed by atoms with Gasteiger partial charge in [-0.3, -0.25) is 9.80 Å². The number of fused-ring (bicyclic) bond motifs is 2. The number of carbonyl (C=O) groups excluding carboxylic acids is 1. The fraction of sp³-hybridized carbons (Fsp3) is 0.550. The van der Waals surface area contributed by atoms with Gasteiger partial charge in [-0.05, 0) is 32.8 Å². The van der Waals surface area contributed by atoms with Gasteiger partial charge in [-0.15, -0.1) is 0 Å². The Balaban J connectivity index is 1.55. The van der Waals surface area contributed by atoms with E-state index in [9.17, 15) is 4.79 Å². The molecule has 2 saturated heterocycles. The minimum Gasteiger partial charge on any atom is -0.444 e. The van der Waals surface area contributed by atoms with E-state index in [4.69, 9.17) is 4.74 Å². The van der Waals surface area contributed by atoms with Gasteiger partial charge in [-0.2, -0.15) is 5.10 Å². The van der Waals surface area contributed by atoms with E-state index in [-0.39, 0.29) is 24.2 Å². The van der Waals surface area contributed by atoms with Crippen molar-refractivity contribution < 1.29 is 9.53 Å². The van der Waals surface area contributed by atoms with Crippen molar-refractivity contribution in [1.29, 1.82) is 0 Å². The third-order valence-electron chi connectivity index (χ3n) is 5.25. The predicted molar refractivity (Wildman–Crippen MR) is 101 cm³/mol. The summed E-state index contributed by atoms with van der Waals surface area (Å²) >= 11 is 0. The van der Waals surface area contributed by atoms with Crippen molar-refractivity contribution in [3.8, 4) is 0 Å². The van der Waals surface area contributed by atoms with Crippen LogP contribution in [0, 0.1) is 0 Å². The number of nitrogens with zero attached hydrogens (tertiary/aromatic N) is 5. The van der Waals surface area contributed by atoms with Crippen LogP contribution in [0.1, 0.15) is 38.8 Å². The van der Waals surface area contributed by atoms with E-state index in [2.05, 4.69) is 39.2 Å². The Labute approximate surface area is 159 Å². The summed E-state index contributed by atoms with van der Waals surface area (Å²) in [4.78, 5) is 21.4. The van der Waals surface area contributed by atoms with Gasteiger partial charge < -0.3 is 4.74 Å². The van der Waals surface area contributed by atoms with Crippen LogP contribution in [-0.2, 0) is 11.3 Å². The predicted octanol–water partition coefficient (Wildman–Crippen LogP) is 2.71. The smallest absolute Gasteiger partial charge is 0.410 e. The number of benzene rings is 1. The number of aromatic nitrogens is 3. The van der Waals surface area contributed by atoms with Gasteiger partial charge in [0.25, 0.3) is 0 Å². The minimum absolute atomic E-state index is 0.0315. The Morgan fingerprint density at radius 1 is 1.19 bits per heavy atom. The molecule has 2 aliphatic heterocycles. The van der Waals surface area contributed by atoms with Crippen molar-refractivity contribution >= 4 is 6.09 Å². The van der Waals surface area contributed by atoms with E-state index < -0.39 is 5.60 Å². The zero-order valence-corrected chi connectivity index (χ0v) is 16.2. The molecule has 0 saturated carbocycles. The summed E-state index contributed by atoms with van der Waals surface area (Å²) in [7, 11) is 0. The summed E-state index contributed by atoms with van der Waals surface area (Å²) in [5.74, 6) is 0. The van der Waals surface area contributed by atoms with Gasteiger partial charge >= 0.3 is 6.09 Å². The molecule has 0 spiro atoms. The van der Waals surface area contributed by atoms with Gasteiger partial charge in [0.05, 0.1) is 18.1 Å². The molecule has 3 heterocycles. The van der Waals surface area contributed by atoms with E-state index in [0.717, 1.165) is 26.1 Å². The molecule has 1 amide bonds. The normalized spacial score (nSPS) is 25.6. The van der Waals surface area contributed by atoms with Crippen LogP contribution < -0.4 is 0 Å². The number of carbonyl (C=O) groups is 1. The lowest BCUT2D eigenvalue weighted by Gasteiger charge is -2.41. The van der Waals surface area contributed by atoms with E-state index in [1.165, 1.54) is 5.56 Å². The van der Waals surface area contributed by atoms with Crippen LogP contribution in [0.25, 0.3) is 0 Å². The number of ether oxygens (including phenoxy) is 1.